The van der Waals surface area contributed by atoms with Crippen molar-refractivity contribution in [1.29, 1.82) is 0 Å². The Hall–Kier alpha value is -1.72. The molecule has 1 fully saturated rings. The number of carbonyl (C=O) groups is 2. The van der Waals surface area contributed by atoms with Crippen molar-refractivity contribution in [2.75, 3.05) is 6.54 Å². The normalized spacial score (nSPS) is 22.5. The summed E-state index contributed by atoms with van der Waals surface area (Å²) in [7, 11) is 0. The first-order valence-electron chi connectivity index (χ1n) is 8.41. The number of ketones is 1. The number of nitrogens with one attached hydrogen (secondary N) is 1. The van der Waals surface area contributed by atoms with Crippen molar-refractivity contribution < 1.29 is 19.4 Å². The van der Waals surface area contributed by atoms with Gasteiger partial charge in [0.1, 0.15) is 5.60 Å². The summed E-state index contributed by atoms with van der Waals surface area (Å²) in [6, 6.07) is 8.51. The van der Waals surface area contributed by atoms with E-state index in [1.165, 1.54) is 0 Å². The van der Waals surface area contributed by atoms with E-state index in [9.17, 15) is 14.7 Å². The van der Waals surface area contributed by atoms with Gasteiger partial charge < -0.3 is 15.2 Å². The van der Waals surface area contributed by atoms with Gasteiger partial charge in [0.25, 0.3) is 0 Å². The molecule has 4 atom stereocenters. The largest absolute Gasteiger partial charge is 0.458 e. The molecule has 0 heterocycles. The van der Waals surface area contributed by atoms with Crippen LogP contribution in [0, 0.1) is 11.8 Å². The van der Waals surface area contributed by atoms with Crippen molar-refractivity contribution >= 4 is 11.8 Å². The Labute approximate surface area is 143 Å². The van der Waals surface area contributed by atoms with Gasteiger partial charge in [-0.15, -0.1) is 0 Å². The quantitative estimate of drug-likeness (QED) is 0.591. The first-order chi connectivity index (χ1) is 11.2. The molecule has 1 saturated carbocycles. The first-order valence-corrected chi connectivity index (χ1v) is 8.41. The summed E-state index contributed by atoms with van der Waals surface area (Å²) in [6.07, 6.45) is -0.348. The lowest BCUT2D eigenvalue weighted by molar-refractivity contribution is -0.167. The molecule has 1 aromatic rings. The Morgan fingerprint density at radius 3 is 2.38 bits per heavy atom. The maximum absolute atomic E-state index is 12.2. The van der Waals surface area contributed by atoms with Crippen LogP contribution in [0.15, 0.2) is 30.3 Å². The number of aliphatic hydroxyl groups is 1. The van der Waals surface area contributed by atoms with Crippen LogP contribution in [0.2, 0.25) is 0 Å². The zero-order valence-corrected chi connectivity index (χ0v) is 14.8. The highest BCUT2D eigenvalue weighted by Crippen LogP contribution is 2.41. The molecule has 1 aliphatic rings. The van der Waals surface area contributed by atoms with Crippen LogP contribution in [0.5, 0.6) is 0 Å². The van der Waals surface area contributed by atoms with Gasteiger partial charge >= 0.3 is 5.97 Å². The monoisotopic (exact) mass is 333 g/mol. The highest BCUT2D eigenvalue weighted by molar-refractivity contribution is 5.97. The molecule has 0 bridgehead atoms. The first kappa shape index (κ1) is 18.6. The molecule has 4 unspecified atom stereocenters. The Morgan fingerprint density at radius 2 is 1.88 bits per heavy atom. The van der Waals surface area contributed by atoms with E-state index in [1.54, 1.807) is 32.9 Å². The molecule has 5 heteroatoms. The van der Waals surface area contributed by atoms with Crippen molar-refractivity contribution in [3.63, 3.8) is 0 Å². The molecule has 0 aromatic heterocycles. The minimum atomic E-state index is -1.28. The number of Topliss-reactive ketones (excluding diaryl/α,β-unsaturated/α-hetero) is 1. The summed E-state index contributed by atoms with van der Waals surface area (Å²) in [6.45, 7) is 7.44. The number of benzene rings is 1. The Bertz CT molecular complexity index is 579. The summed E-state index contributed by atoms with van der Waals surface area (Å²) < 4.78 is 5.27. The molecule has 24 heavy (non-hydrogen) atoms. The molecule has 5 nitrogen and oxygen atoms in total. The molecule has 1 aromatic carbocycles. The summed E-state index contributed by atoms with van der Waals surface area (Å²) >= 11 is 0. The van der Waals surface area contributed by atoms with Gasteiger partial charge in [0.05, 0.1) is 6.54 Å². The van der Waals surface area contributed by atoms with Crippen LogP contribution in [0.4, 0.5) is 0 Å². The van der Waals surface area contributed by atoms with E-state index in [0.717, 1.165) is 6.42 Å². The number of esters is 1. The van der Waals surface area contributed by atoms with Crippen molar-refractivity contribution in [3.05, 3.63) is 35.9 Å². The number of rotatable bonds is 7. The molecule has 2 rings (SSSR count). The second-order valence-electron chi connectivity index (χ2n) is 7.55. The number of ether oxygens (including phenoxy) is 1. The molecule has 2 N–H and O–H groups in total. The van der Waals surface area contributed by atoms with Crippen LogP contribution < -0.4 is 5.32 Å². The lowest BCUT2D eigenvalue weighted by Crippen LogP contribution is -2.49. The van der Waals surface area contributed by atoms with Crippen LogP contribution >= 0.6 is 0 Å². The summed E-state index contributed by atoms with van der Waals surface area (Å²) in [5, 5.41) is 13.5. The average molecular weight is 333 g/mol. The van der Waals surface area contributed by atoms with Gasteiger partial charge in [-0.2, -0.15) is 0 Å². The third-order valence-corrected chi connectivity index (χ3v) is 4.22. The summed E-state index contributed by atoms with van der Waals surface area (Å²) in [5.41, 5.74) is -0.0446. The fourth-order valence-electron chi connectivity index (χ4n) is 2.79. The fourth-order valence-corrected chi connectivity index (χ4v) is 2.79. The molecule has 0 saturated heterocycles. The van der Waals surface area contributed by atoms with Crippen molar-refractivity contribution in [3.8, 4) is 0 Å². The zero-order valence-electron chi connectivity index (χ0n) is 14.8. The van der Waals surface area contributed by atoms with Gasteiger partial charge in [-0.3, -0.25) is 4.79 Å². The van der Waals surface area contributed by atoms with Gasteiger partial charge in [0, 0.05) is 11.6 Å². The third-order valence-electron chi connectivity index (χ3n) is 4.22. The summed E-state index contributed by atoms with van der Waals surface area (Å²) in [5.74, 6) is -0.112. The van der Waals surface area contributed by atoms with Crippen LogP contribution in [0.3, 0.4) is 0 Å². The highest BCUT2D eigenvalue weighted by atomic mass is 16.6. The standard InChI is InChI=1S/C19H27NO4/c1-12-10-14(12)16(17(22)18(23)24-19(2,3)4)20-11-15(21)13-8-6-5-7-9-13/h5-9,12,14,16-17,20,22H,10-11H2,1-4H3. The average Bonchev–Trinajstić information content (AvgIpc) is 3.22. The molecule has 132 valence electrons. The number of hydrogen-bond donors (Lipinski definition) is 2. The van der Waals surface area contributed by atoms with E-state index in [4.69, 9.17) is 4.74 Å². The SMILES string of the molecule is CC1CC1C(NCC(=O)c1ccccc1)C(O)C(=O)OC(C)(C)C. The predicted molar refractivity (Wildman–Crippen MR) is 91.7 cm³/mol. The van der Waals surface area contributed by atoms with E-state index < -0.39 is 23.7 Å². The molecule has 0 radical (unpaired) electrons. The highest BCUT2D eigenvalue weighted by Gasteiger charge is 2.45. The number of hydrogen-bond acceptors (Lipinski definition) is 5. The van der Waals surface area contributed by atoms with E-state index in [2.05, 4.69) is 12.2 Å². The van der Waals surface area contributed by atoms with Crippen LogP contribution in [0.25, 0.3) is 0 Å². The minimum absolute atomic E-state index is 0.0645. The van der Waals surface area contributed by atoms with Crippen LogP contribution in [-0.4, -0.2) is 41.2 Å². The van der Waals surface area contributed by atoms with Crippen LogP contribution in [0.1, 0.15) is 44.5 Å². The van der Waals surface area contributed by atoms with Crippen molar-refractivity contribution in [2.45, 2.75) is 51.9 Å². The Morgan fingerprint density at radius 1 is 1.29 bits per heavy atom. The molecule has 0 amide bonds. The molecular formula is C19H27NO4. The maximum Gasteiger partial charge on any atom is 0.337 e. The van der Waals surface area contributed by atoms with Crippen LogP contribution in [-0.2, 0) is 9.53 Å². The molecule has 1 aliphatic carbocycles. The van der Waals surface area contributed by atoms with Gasteiger partial charge in [0.2, 0.25) is 0 Å². The van der Waals surface area contributed by atoms with Gasteiger partial charge in [-0.25, -0.2) is 4.79 Å². The second kappa shape index (κ2) is 7.45. The smallest absolute Gasteiger partial charge is 0.337 e. The van der Waals surface area contributed by atoms with E-state index >= 15 is 0 Å². The number of carbonyl (C=O) groups excluding carboxylic acids is 2. The molecule has 0 spiro atoms. The molecular weight excluding hydrogens is 306 g/mol. The Balaban J connectivity index is 1.99. The van der Waals surface area contributed by atoms with Gasteiger partial charge in [0.15, 0.2) is 11.9 Å². The Kier molecular flexibility index (Phi) is 5.78. The zero-order chi connectivity index (χ0) is 17.9. The lowest BCUT2D eigenvalue weighted by Gasteiger charge is -2.27. The van der Waals surface area contributed by atoms with Gasteiger partial charge in [-0.1, -0.05) is 37.3 Å². The predicted octanol–water partition coefficient (Wildman–Crippen LogP) is 2.19. The number of aliphatic hydroxyl groups excluding tert-OH is 1. The maximum atomic E-state index is 12.2. The minimum Gasteiger partial charge on any atom is -0.458 e. The lowest BCUT2D eigenvalue weighted by atomic mass is 10.0. The van der Waals surface area contributed by atoms with Crippen molar-refractivity contribution in [1.82, 2.24) is 5.32 Å². The fraction of sp³-hybridized carbons (Fsp3) is 0.579. The van der Waals surface area contributed by atoms with E-state index in [0.29, 0.717) is 11.5 Å². The van der Waals surface area contributed by atoms with E-state index in [-0.39, 0.29) is 18.2 Å². The molecule has 0 aliphatic heterocycles. The summed E-state index contributed by atoms with van der Waals surface area (Å²) in [4.78, 5) is 24.4. The van der Waals surface area contributed by atoms with Gasteiger partial charge in [-0.05, 0) is 39.0 Å². The van der Waals surface area contributed by atoms with E-state index in [1.807, 2.05) is 18.2 Å². The van der Waals surface area contributed by atoms with Crippen molar-refractivity contribution in [2.24, 2.45) is 11.8 Å². The second-order valence-corrected chi connectivity index (χ2v) is 7.55. The topological polar surface area (TPSA) is 75.6 Å². The third kappa shape index (κ3) is 5.14.